The Kier molecular flexibility index (Phi) is 7.43. The van der Waals surface area contributed by atoms with E-state index in [1.165, 1.54) is 38.3 Å². The fourth-order valence-corrected chi connectivity index (χ4v) is 7.71. The van der Waals surface area contributed by atoms with E-state index in [0.717, 1.165) is 45.2 Å². The highest BCUT2D eigenvalue weighted by Crippen LogP contribution is 2.43. The fourth-order valence-electron chi connectivity index (χ4n) is 7.71. The Morgan fingerprint density at radius 1 is 0.434 bits per heavy atom. The molecule has 0 unspecified atom stereocenters. The van der Waals surface area contributed by atoms with Crippen molar-refractivity contribution in [1.82, 2.24) is 14.1 Å². The third-order valence-electron chi connectivity index (χ3n) is 10.2. The van der Waals surface area contributed by atoms with Crippen LogP contribution in [0.15, 0.2) is 207 Å². The van der Waals surface area contributed by atoms with Crippen LogP contribution in [-0.2, 0) is 0 Å². The van der Waals surface area contributed by atoms with Crippen molar-refractivity contribution in [3.8, 4) is 33.8 Å². The molecule has 0 fully saturated rings. The lowest BCUT2D eigenvalue weighted by atomic mass is 10.0. The molecule has 7 aromatic carbocycles. The number of aromatic nitrogens is 3. The molecule has 3 heterocycles. The van der Waals surface area contributed by atoms with Crippen LogP contribution < -0.4 is 4.90 Å². The van der Waals surface area contributed by atoms with Crippen LogP contribution in [-0.4, -0.2) is 14.1 Å². The number of fused-ring (bicyclic) bond motifs is 5. The van der Waals surface area contributed by atoms with Gasteiger partial charge in [0.15, 0.2) is 0 Å². The third-order valence-corrected chi connectivity index (χ3v) is 10.2. The third kappa shape index (κ3) is 5.36. The van der Waals surface area contributed by atoms with Crippen molar-refractivity contribution in [2.45, 2.75) is 0 Å². The van der Waals surface area contributed by atoms with Gasteiger partial charge in [-0.2, -0.15) is 0 Å². The molecule has 0 radical (unpaired) electrons. The number of hydrogen-bond acceptors (Lipinski definition) is 2. The number of pyridine rings is 1. The standard InChI is InChI=1S/C49H34N4/c1-4-12-35(13-5-1)36-19-24-41(25-20-36)52(42-26-21-37(22-27-42)45-18-10-11-32-50-45)43-28-30-46-44(34-43)48-47(53(46)40-16-8-3-9-17-40)29-23-38-31-33-51(49(38)48)39-14-6-2-7-15-39/h1-34H. The predicted molar refractivity (Wildman–Crippen MR) is 221 cm³/mol. The monoisotopic (exact) mass is 678 g/mol. The topological polar surface area (TPSA) is 26.0 Å². The molecular weight excluding hydrogens is 645 g/mol. The van der Waals surface area contributed by atoms with Crippen LogP contribution in [0.1, 0.15) is 0 Å². The van der Waals surface area contributed by atoms with Crippen LogP contribution in [0.3, 0.4) is 0 Å². The molecule has 10 aromatic rings. The summed E-state index contributed by atoms with van der Waals surface area (Å²) in [7, 11) is 0. The van der Waals surface area contributed by atoms with Crippen molar-refractivity contribution in [1.29, 1.82) is 0 Å². The smallest absolute Gasteiger partial charge is 0.0701 e. The molecule has 0 atom stereocenters. The molecule has 0 aliphatic heterocycles. The lowest BCUT2D eigenvalue weighted by molar-refractivity contribution is 1.13. The lowest BCUT2D eigenvalue weighted by Crippen LogP contribution is -2.10. The van der Waals surface area contributed by atoms with Gasteiger partial charge in [0.2, 0.25) is 0 Å². The van der Waals surface area contributed by atoms with E-state index in [4.69, 9.17) is 0 Å². The summed E-state index contributed by atoms with van der Waals surface area (Å²) in [6.45, 7) is 0. The lowest BCUT2D eigenvalue weighted by Gasteiger charge is -2.26. The largest absolute Gasteiger partial charge is 0.316 e. The van der Waals surface area contributed by atoms with Crippen molar-refractivity contribution in [2.24, 2.45) is 0 Å². The normalized spacial score (nSPS) is 11.4. The Hall–Kier alpha value is -7.17. The summed E-state index contributed by atoms with van der Waals surface area (Å²) in [6, 6.07) is 69.2. The Balaban J connectivity index is 1.21. The summed E-state index contributed by atoms with van der Waals surface area (Å²) >= 11 is 0. The second-order valence-corrected chi connectivity index (χ2v) is 13.3. The minimum absolute atomic E-state index is 0.957. The van der Waals surface area contributed by atoms with E-state index in [1.54, 1.807) is 0 Å². The minimum Gasteiger partial charge on any atom is -0.316 e. The fraction of sp³-hybridized carbons (Fsp3) is 0. The number of anilines is 3. The molecule has 0 aliphatic carbocycles. The molecule has 0 amide bonds. The average molecular weight is 679 g/mol. The quantitative estimate of drug-likeness (QED) is 0.168. The first-order valence-corrected chi connectivity index (χ1v) is 18.0. The molecule has 10 rings (SSSR count). The molecule has 0 N–H and O–H groups in total. The number of rotatable bonds is 7. The van der Waals surface area contributed by atoms with E-state index in [-0.39, 0.29) is 0 Å². The van der Waals surface area contributed by atoms with Crippen LogP contribution in [0.5, 0.6) is 0 Å². The zero-order valence-electron chi connectivity index (χ0n) is 28.9. The Bertz CT molecular complexity index is 2760. The highest BCUT2D eigenvalue weighted by Gasteiger charge is 2.21. The zero-order valence-corrected chi connectivity index (χ0v) is 28.9. The van der Waals surface area contributed by atoms with Gasteiger partial charge in [0.25, 0.3) is 0 Å². The van der Waals surface area contributed by atoms with Crippen LogP contribution in [0.25, 0.3) is 66.5 Å². The van der Waals surface area contributed by atoms with Crippen molar-refractivity contribution in [3.05, 3.63) is 207 Å². The number of hydrogen-bond donors (Lipinski definition) is 0. The van der Waals surface area contributed by atoms with E-state index in [0.29, 0.717) is 0 Å². The highest BCUT2D eigenvalue weighted by atomic mass is 15.1. The molecular formula is C49H34N4. The second-order valence-electron chi connectivity index (χ2n) is 13.3. The van der Waals surface area contributed by atoms with Gasteiger partial charge in [-0.15, -0.1) is 0 Å². The van der Waals surface area contributed by atoms with Gasteiger partial charge in [0, 0.05) is 62.6 Å². The summed E-state index contributed by atoms with van der Waals surface area (Å²) < 4.78 is 4.73. The maximum Gasteiger partial charge on any atom is 0.0701 e. The van der Waals surface area contributed by atoms with Gasteiger partial charge in [-0.3, -0.25) is 4.98 Å². The van der Waals surface area contributed by atoms with E-state index >= 15 is 0 Å². The summed E-state index contributed by atoms with van der Waals surface area (Å²) in [6.07, 6.45) is 4.04. The SMILES string of the molecule is c1ccc(-c2ccc(N(c3ccc(-c4ccccn4)cc3)c3ccc4c(c3)c3c5c(ccc3n4-c3ccccc3)ccn5-c3ccccc3)cc2)cc1. The Morgan fingerprint density at radius 2 is 1.02 bits per heavy atom. The van der Waals surface area contributed by atoms with Crippen molar-refractivity contribution < 1.29 is 0 Å². The van der Waals surface area contributed by atoms with Gasteiger partial charge in [-0.05, 0) is 102 Å². The number of benzene rings is 7. The molecule has 53 heavy (non-hydrogen) atoms. The summed E-state index contributed by atoms with van der Waals surface area (Å²) in [4.78, 5) is 6.96. The molecule has 250 valence electrons. The van der Waals surface area contributed by atoms with Gasteiger partial charge in [-0.25, -0.2) is 0 Å². The van der Waals surface area contributed by atoms with Crippen molar-refractivity contribution >= 4 is 49.8 Å². The maximum atomic E-state index is 4.60. The summed E-state index contributed by atoms with van der Waals surface area (Å²) in [5.41, 5.74) is 13.5. The van der Waals surface area contributed by atoms with Gasteiger partial charge in [-0.1, -0.05) is 103 Å². The van der Waals surface area contributed by atoms with Crippen LogP contribution in [0.2, 0.25) is 0 Å². The van der Waals surface area contributed by atoms with Gasteiger partial charge in [0.05, 0.1) is 22.2 Å². The van der Waals surface area contributed by atoms with Gasteiger partial charge >= 0.3 is 0 Å². The molecule has 0 spiro atoms. The Morgan fingerprint density at radius 3 is 1.70 bits per heavy atom. The molecule has 4 heteroatoms. The van der Waals surface area contributed by atoms with E-state index in [1.807, 2.05) is 18.3 Å². The summed E-state index contributed by atoms with van der Waals surface area (Å²) in [5.74, 6) is 0. The van der Waals surface area contributed by atoms with E-state index in [9.17, 15) is 0 Å². The first-order chi connectivity index (χ1) is 26.3. The first kappa shape index (κ1) is 30.6. The molecule has 4 nitrogen and oxygen atoms in total. The molecule has 0 aliphatic rings. The average Bonchev–Trinajstić information content (AvgIpc) is 3.82. The molecule has 0 saturated heterocycles. The first-order valence-electron chi connectivity index (χ1n) is 18.0. The van der Waals surface area contributed by atoms with Crippen molar-refractivity contribution in [2.75, 3.05) is 4.90 Å². The highest BCUT2D eigenvalue weighted by molar-refractivity contribution is 6.21. The van der Waals surface area contributed by atoms with E-state index < -0.39 is 0 Å². The maximum absolute atomic E-state index is 4.60. The van der Waals surface area contributed by atoms with Crippen LogP contribution >= 0.6 is 0 Å². The minimum atomic E-state index is 0.957. The molecule has 0 saturated carbocycles. The van der Waals surface area contributed by atoms with Gasteiger partial charge < -0.3 is 14.0 Å². The Labute approximate surface area is 308 Å². The second kappa shape index (κ2) is 12.9. The van der Waals surface area contributed by atoms with E-state index in [2.05, 4.69) is 207 Å². The zero-order chi connectivity index (χ0) is 35.1. The predicted octanol–water partition coefficient (Wildman–Crippen LogP) is 12.9. The molecule has 0 bridgehead atoms. The number of para-hydroxylation sites is 2. The number of nitrogens with zero attached hydrogens (tertiary/aromatic N) is 4. The molecule has 3 aromatic heterocycles. The van der Waals surface area contributed by atoms with Crippen LogP contribution in [0.4, 0.5) is 17.1 Å². The van der Waals surface area contributed by atoms with Gasteiger partial charge in [0.1, 0.15) is 0 Å². The summed E-state index contributed by atoms with van der Waals surface area (Å²) in [5, 5.41) is 3.62. The van der Waals surface area contributed by atoms with Crippen molar-refractivity contribution in [3.63, 3.8) is 0 Å². The van der Waals surface area contributed by atoms with Crippen LogP contribution in [0, 0.1) is 0 Å².